The van der Waals surface area contributed by atoms with Crippen LogP contribution in [-0.2, 0) is 19.1 Å². The van der Waals surface area contributed by atoms with E-state index in [2.05, 4.69) is 10.1 Å². The Balaban J connectivity index is 2.08. The molecule has 0 bridgehead atoms. The number of aryl methyl sites for hydroxylation is 2. The van der Waals surface area contributed by atoms with E-state index in [1.807, 2.05) is 57.5 Å². The number of benzene rings is 1. The first-order valence-electron chi connectivity index (χ1n) is 7.46. The Hall–Kier alpha value is -2.08. The van der Waals surface area contributed by atoms with Crippen molar-refractivity contribution in [2.24, 2.45) is 7.05 Å². The Bertz CT molecular complexity index is 942. The zero-order valence-electron chi connectivity index (χ0n) is 14.0. The zero-order chi connectivity index (χ0) is 16.9. The molecule has 122 valence electrons. The molecule has 0 N–H and O–H groups in total. The van der Waals surface area contributed by atoms with Crippen LogP contribution in [0, 0.1) is 6.92 Å². The normalized spacial score (nSPS) is 12.3. The maximum Gasteiger partial charge on any atom is 0.346 e. The van der Waals surface area contributed by atoms with E-state index in [-0.39, 0.29) is 11.2 Å². The third kappa shape index (κ3) is 2.67. The predicted octanol–water partition coefficient (Wildman–Crippen LogP) is 2.70. The first-order chi connectivity index (χ1) is 10.7. The molecule has 7 heteroatoms. The van der Waals surface area contributed by atoms with Gasteiger partial charge in [-0.05, 0) is 45.9 Å². The fourth-order valence-corrected chi connectivity index (χ4v) is 2.79. The number of rotatable bonds is 2. The van der Waals surface area contributed by atoms with E-state index in [4.69, 9.17) is 11.6 Å². The van der Waals surface area contributed by atoms with E-state index in [1.165, 1.54) is 4.68 Å². The summed E-state index contributed by atoms with van der Waals surface area (Å²) < 4.78 is 5.14. The molecule has 0 spiro atoms. The molecule has 0 aliphatic rings. The van der Waals surface area contributed by atoms with Crippen LogP contribution in [0.2, 0.25) is 5.02 Å². The largest absolute Gasteiger partial charge is 0.346 e. The number of hydrogen-bond donors (Lipinski definition) is 0. The summed E-state index contributed by atoms with van der Waals surface area (Å²) >= 11 is 6.03. The molecule has 0 fully saturated rings. The van der Waals surface area contributed by atoms with E-state index in [1.54, 1.807) is 4.57 Å². The van der Waals surface area contributed by atoms with Gasteiger partial charge in [0.05, 0.1) is 23.1 Å². The molecule has 0 saturated heterocycles. The lowest BCUT2D eigenvalue weighted by atomic mass is 10.1. The maximum atomic E-state index is 12.6. The second-order valence-electron chi connectivity index (χ2n) is 6.72. The van der Waals surface area contributed by atoms with Gasteiger partial charge in [-0.1, -0.05) is 11.6 Å². The number of nitrogens with zero attached hydrogens (tertiary/aromatic N) is 5. The van der Waals surface area contributed by atoms with Gasteiger partial charge in [0.15, 0.2) is 0 Å². The Morgan fingerprint density at radius 3 is 2.57 bits per heavy atom. The summed E-state index contributed by atoms with van der Waals surface area (Å²) in [6, 6.07) is 5.60. The number of aromatic nitrogens is 5. The fraction of sp³-hybridized carbons (Fsp3) is 0.438. The highest BCUT2D eigenvalue weighted by Gasteiger charge is 2.21. The molecule has 0 atom stereocenters. The number of hydrogen-bond acceptors (Lipinski definition) is 3. The SMILES string of the molecule is Cc1nn(C(C)(C)C)c(=O)n1Cc1nc2cc(Cl)ccc2n1C. The van der Waals surface area contributed by atoms with Crippen LogP contribution in [0.4, 0.5) is 0 Å². The van der Waals surface area contributed by atoms with Gasteiger partial charge in [0.2, 0.25) is 0 Å². The third-order valence-corrected chi connectivity index (χ3v) is 4.15. The molecule has 6 nitrogen and oxygen atoms in total. The quantitative estimate of drug-likeness (QED) is 0.724. The minimum atomic E-state index is -0.354. The third-order valence-electron chi connectivity index (χ3n) is 3.92. The van der Waals surface area contributed by atoms with Crippen molar-refractivity contribution in [3.8, 4) is 0 Å². The van der Waals surface area contributed by atoms with Crippen molar-refractivity contribution in [2.75, 3.05) is 0 Å². The van der Waals surface area contributed by atoms with Crippen molar-refractivity contribution in [3.05, 3.63) is 45.4 Å². The first-order valence-corrected chi connectivity index (χ1v) is 7.84. The minimum absolute atomic E-state index is 0.125. The summed E-state index contributed by atoms with van der Waals surface area (Å²) in [5, 5.41) is 5.03. The van der Waals surface area contributed by atoms with Gasteiger partial charge in [0, 0.05) is 12.1 Å². The average Bonchev–Trinajstić information content (AvgIpc) is 2.90. The van der Waals surface area contributed by atoms with E-state index < -0.39 is 0 Å². The van der Waals surface area contributed by atoms with E-state index in [0.717, 1.165) is 16.9 Å². The standard InChI is InChI=1S/C16H20ClN5O/c1-10-19-22(16(2,3)4)15(23)21(10)9-14-18-12-8-11(17)6-7-13(12)20(14)5/h6-8H,9H2,1-5H3. The van der Waals surface area contributed by atoms with Gasteiger partial charge >= 0.3 is 5.69 Å². The lowest BCUT2D eigenvalue weighted by Crippen LogP contribution is -2.36. The molecule has 2 aromatic heterocycles. The van der Waals surface area contributed by atoms with Gasteiger partial charge in [0.1, 0.15) is 11.6 Å². The average molecular weight is 334 g/mol. The minimum Gasteiger partial charge on any atom is -0.330 e. The maximum absolute atomic E-state index is 12.6. The zero-order valence-corrected chi connectivity index (χ0v) is 14.7. The molecular formula is C16H20ClN5O. The molecule has 0 saturated carbocycles. The second-order valence-corrected chi connectivity index (χ2v) is 7.16. The van der Waals surface area contributed by atoms with E-state index in [9.17, 15) is 4.79 Å². The smallest absolute Gasteiger partial charge is 0.330 e. The fourth-order valence-electron chi connectivity index (χ4n) is 2.62. The van der Waals surface area contributed by atoms with Crippen LogP contribution < -0.4 is 5.69 Å². The van der Waals surface area contributed by atoms with Gasteiger partial charge in [0.25, 0.3) is 0 Å². The highest BCUT2D eigenvalue weighted by molar-refractivity contribution is 6.31. The van der Waals surface area contributed by atoms with Crippen molar-refractivity contribution in [3.63, 3.8) is 0 Å². The summed E-state index contributed by atoms with van der Waals surface area (Å²) in [6.45, 7) is 8.10. The second kappa shape index (κ2) is 5.23. The van der Waals surface area contributed by atoms with Crippen LogP contribution in [0.1, 0.15) is 32.4 Å². The summed E-state index contributed by atoms with van der Waals surface area (Å²) in [5.41, 5.74) is 1.33. The Morgan fingerprint density at radius 2 is 1.96 bits per heavy atom. The van der Waals surface area contributed by atoms with Crippen molar-refractivity contribution in [1.29, 1.82) is 0 Å². The van der Waals surface area contributed by atoms with Crippen LogP contribution in [0.3, 0.4) is 0 Å². The van der Waals surface area contributed by atoms with Gasteiger partial charge < -0.3 is 4.57 Å². The summed E-state index contributed by atoms with van der Waals surface area (Å²) in [4.78, 5) is 17.2. The molecule has 3 rings (SSSR count). The molecule has 0 unspecified atom stereocenters. The van der Waals surface area contributed by atoms with Crippen LogP contribution in [0.15, 0.2) is 23.0 Å². The molecule has 0 radical (unpaired) electrons. The van der Waals surface area contributed by atoms with Crippen LogP contribution in [0.5, 0.6) is 0 Å². The van der Waals surface area contributed by atoms with Crippen LogP contribution in [0.25, 0.3) is 11.0 Å². The van der Waals surface area contributed by atoms with Crippen molar-refractivity contribution in [1.82, 2.24) is 23.9 Å². The number of fused-ring (bicyclic) bond motifs is 1. The monoisotopic (exact) mass is 333 g/mol. The Morgan fingerprint density at radius 1 is 1.26 bits per heavy atom. The van der Waals surface area contributed by atoms with Crippen LogP contribution >= 0.6 is 11.6 Å². The predicted molar refractivity (Wildman–Crippen MR) is 91.0 cm³/mol. The lowest BCUT2D eigenvalue weighted by Gasteiger charge is -2.16. The molecule has 0 aliphatic carbocycles. The van der Waals surface area contributed by atoms with Gasteiger partial charge in [-0.25, -0.2) is 14.5 Å². The highest BCUT2D eigenvalue weighted by atomic mass is 35.5. The lowest BCUT2D eigenvalue weighted by molar-refractivity contribution is 0.340. The molecule has 2 heterocycles. The van der Waals surface area contributed by atoms with Gasteiger partial charge in [-0.15, -0.1) is 0 Å². The van der Waals surface area contributed by atoms with Crippen molar-refractivity contribution >= 4 is 22.6 Å². The molecule has 23 heavy (non-hydrogen) atoms. The molecular weight excluding hydrogens is 314 g/mol. The van der Waals surface area contributed by atoms with Crippen molar-refractivity contribution < 1.29 is 0 Å². The van der Waals surface area contributed by atoms with E-state index in [0.29, 0.717) is 17.4 Å². The summed E-state index contributed by atoms with van der Waals surface area (Å²) in [6.07, 6.45) is 0. The Kier molecular flexibility index (Phi) is 3.59. The summed E-state index contributed by atoms with van der Waals surface area (Å²) in [5.74, 6) is 1.47. The number of halogens is 1. The highest BCUT2D eigenvalue weighted by Crippen LogP contribution is 2.20. The van der Waals surface area contributed by atoms with E-state index >= 15 is 0 Å². The molecule has 3 aromatic rings. The molecule has 0 aliphatic heterocycles. The van der Waals surface area contributed by atoms with Crippen molar-refractivity contribution in [2.45, 2.75) is 39.8 Å². The Labute approximate surface area is 139 Å². The molecule has 1 aromatic carbocycles. The number of imidazole rings is 1. The van der Waals surface area contributed by atoms with Gasteiger partial charge in [-0.3, -0.25) is 4.57 Å². The topological polar surface area (TPSA) is 57.6 Å². The first kappa shape index (κ1) is 15.8. The van der Waals surface area contributed by atoms with Gasteiger partial charge in [-0.2, -0.15) is 5.10 Å². The summed E-state index contributed by atoms with van der Waals surface area (Å²) in [7, 11) is 1.94. The molecule has 0 amide bonds. The van der Waals surface area contributed by atoms with Crippen LogP contribution in [-0.4, -0.2) is 23.9 Å².